The van der Waals surface area contributed by atoms with Crippen LogP contribution in [0.3, 0.4) is 0 Å². The summed E-state index contributed by atoms with van der Waals surface area (Å²) in [6.45, 7) is 0.996. The summed E-state index contributed by atoms with van der Waals surface area (Å²) in [6, 6.07) is 6.30. The van der Waals surface area contributed by atoms with Gasteiger partial charge < -0.3 is 4.90 Å². The lowest BCUT2D eigenvalue weighted by Gasteiger charge is -2.33. The van der Waals surface area contributed by atoms with Crippen LogP contribution in [0.2, 0.25) is 10.2 Å². The fourth-order valence-corrected chi connectivity index (χ4v) is 5.29. The minimum absolute atomic E-state index is 0.0822. The molecular weight excluding hydrogens is 393 g/mol. The van der Waals surface area contributed by atoms with Crippen LogP contribution in [0.5, 0.6) is 0 Å². The highest BCUT2D eigenvalue weighted by atomic mass is 35.5. The molecule has 1 aliphatic rings. The van der Waals surface area contributed by atoms with Gasteiger partial charge in [-0.05, 0) is 23.6 Å². The minimum Gasteiger partial charge on any atom is -0.335 e. The summed E-state index contributed by atoms with van der Waals surface area (Å²) >= 11 is 13.0. The van der Waals surface area contributed by atoms with Gasteiger partial charge in [0.05, 0.1) is 5.02 Å². The fourth-order valence-electron chi connectivity index (χ4n) is 2.39. The van der Waals surface area contributed by atoms with Gasteiger partial charge in [0.15, 0.2) is 0 Å². The molecular formula is C14H13Cl2N3O3S2. The molecule has 0 N–H and O–H groups in total. The van der Waals surface area contributed by atoms with Gasteiger partial charge in [0, 0.05) is 26.2 Å². The third kappa shape index (κ3) is 3.43. The molecule has 1 aliphatic heterocycles. The number of carbonyl (C=O) groups excluding carboxylic acids is 1. The first-order valence-corrected chi connectivity index (χ1v) is 10.1. The number of carbonyl (C=O) groups is 1. The van der Waals surface area contributed by atoms with Crippen LogP contribution in [-0.4, -0.2) is 54.7 Å². The second kappa shape index (κ2) is 6.97. The van der Waals surface area contributed by atoms with Gasteiger partial charge in [-0.1, -0.05) is 29.3 Å². The Hall–Kier alpha value is -1.19. The molecule has 0 atom stereocenters. The lowest BCUT2D eigenvalue weighted by Crippen LogP contribution is -2.50. The first-order chi connectivity index (χ1) is 11.4. The Bertz CT molecular complexity index is 848. The van der Waals surface area contributed by atoms with Crippen molar-refractivity contribution in [3.63, 3.8) is 0 Å². The fraction of sp³-hybridized carbons (Fsp3) is 0.286. The summed E-state index contributed by atoms with van der Waals surface area (Å²) in [5.74, 6) is -0.351. The topological polar surface area (TPSA) is 70.6 Å². The maximum Gasteiger partial charge on any atom is 0.274 e. The molecule has 3 rings (SSSR count). The number of piperazine rings is 1. The number of hydrogen-bond donors (Lipinski definition) is 0. The Labute approximate surface area is 153 Å². The zero-order valence-corrected chi connectivity index (χ0v) is 15.5. The molecule has 0 radical (unpaired) electrons. The Balaban J connectivity index is 1.71. The quantitative estimate of drug-likeness (QED) is 0.735. The number of thiophene rings is 1. The molecule has 0 spiro atoms. The van der Waals surface area contributed by atoms with E-state index in [1.165, 1.54) is 32.7 Å². The Morgan fingerprint density at radius 3 is 2.46 bits per heavy atom. The number of hydrogen-bond acceptors (Lipinski definition) is 5. The number of sulfonamides is 1. The van der Waals surface area contributed by atoms with Crippen molar-refractivity contribution >= 4 is 50.5 Å². The SMILES string of the molecule is O=C(c1nc(Cl)ccc1Cl)N1CCN(S(=O)(=O)c2cccs2)CC1. The third-order valence-corrected chi connectivity index (χ3v) is 7.42. The summed E-state index contributed by atoms with van der Waals surface area (Å²) in [7, 11) is -3.50. The van der Waals surface area contributed by atoms with Crippen molar-refractivity contribution in [2.24, 2.45) is 0 Å². The van der Waals surface area contributed by atoms with E-state index in [9.17, 15) is 13.2 Å². The van der Waals surface area contributed by atoms with Crippen LogP contribution in [0.15, 0.2) is 33.9 Å². The van der Waals surface area contributed by atoms with E-state index in [1.54, 1.807) is 17.5 Å². The molecule has 2 aromatic rings. The van der Waals surface area contributed by atoms with Crippen molar-refractivity contribution in [1.82, 2.24) is 14.2 Å². The molecule has 6 nitrogen and oxygen atoms in total. The number of rotatable bonds is 3. The number of aromatic nitrogens is 1. The van der Waals surface area contributed by atoms with Crippen LogP contribution < -0.4 is 0 Å². The van der Waals surface area contributed by atoms with Crippen molar-refractivity contribution in [2.45, 2.75) is 4.21 Å². The third-order valence-electron chi connectivity index (χ3n) is 3.63. The van der Waals surface area contributed by atoms with E-state index in [-0.39, 0.29) is 48.0 Å². The molecule has 0 bridgehead atoms. The van der Waals surface area contributed by atoms with E-state index >= 15 is 0 Å². The Morgan fingerprint density at radius 1 is 1.12 bits per heavy atom. The first kappa shape index (κ1) is 17.6. The van der Waals surface area contributed by atoms with Crippen LogP contribution in [0, 0.1) is 0 Å². The molecule has 24 heavy (non-hydrogen) atoms. The van der Waals surface area contributed by atoms with Crippen molar-refractivity contribution in [3.8, 4) is 0 Å². The molecule has 0 aliphatic carbocycles. The first-order valence-electron chi connectivity index (χ1n) is 7.04. The molecule has 3 heterocycles. The normalized spacial score (nSPS) is 16.3. The average Bonchev–Trinajstić information content (AvgIpc) is 3.12. The largest absolute Gasteiger partial charge is 0.335 e. The van der Waals surface area contributed by atoms with Gasteiger partial charge in [-0.2, -0.15) is 4.31 Å². The number of amides is 1. The molecule has 0 saturated carbocycles. The van der Waals surface area contributed by atoms with E-state index in [0.717, 1.165) is 0 Å². The number of nitrogens with zero attached hydrogens (tertiary/aromatic N) is 3. The van der Waals surface area contributed by atoms with Crippen LogP contribution in [-0.2, 0) is 10.0 Å². The maximum atomic E-state index is 12.5. The van der Waals surface area contributed by atoms with Gasteiger partial charge in [-0.3, -0.25) is 4.79 Å². The second-order valence-electron chi connectivity index (χ2n) is 5.09. The van der Waals surface area contributed by atoms with Gasteiger partial charge >= 0.3 is 0 Å². The molecule has 10 heteroatoms. The van der Waals surface area contributed by atoms with Crippen LogP contribution in [0.1, 0.15) is 10.5 Å². The Morgan fingerprint density at radius 2 is 1.83 bits per heavy atom. The standard InChI is InChI=1S/C14H13Cl2N3O3S2/c15-10-3-4-11(16)17-13(10)14(20)18-5-7-19(8-6-18)24(21,22)12-2-1-9-23-12/h1-4,9H,5-8H2. The number of halogens is 2. The van der Waals surface area contributed by atoms with Crippen LogP contribution in [0.4, 0.5) is 0 Å². The molecule has 2 aromatic heterocycles. The monoisotopic (exact) mass is 405 g/mol. The zero-order valence-electron chi connectivity index (χ0n) is 12.4. The Kier molecular flexibility index (Phi) is 5.12. The van der Waals surface area contributed by atoms with E-state index in [2.05, 4.69) is 4.98 Å². The van der Waals surface area contributed by atoms with Gasteiger partial charge in [0.2, 0.25) is 0 Å². The smallest absolute Gasteiger partial charge is 0.274 e. The highest BCUT2D eigenvalue weighted by Crippen LogP contribution is 2.23. The molecule has 0 unspecified atom stereocenters. The van der Waals surface area contributed by atoms with Gasteiger partial charge in [0.25, 0.3) is 15.9 Å². The predicted molar refractivity (Wildman–Crippen MR) is 93.2 cm³/mol. The molecule has 1 amide bonds. The van der Waals surface area contributed by atoms with E-state index < -0.39 is 10.0 Å². The van der Waals surface area contributed by atoms with Crippen molar-refractivity contribution in [2.75, 3.05) is 26.2 Å². The lowest BCUT2D eigenvalue weighted by molar-refractivity contribution is 0.0692. The summed E-state index contributed by atoms with van der Waals surface area (Å²) in [5, 5.41) is 2.12. The molecule has 0 aromatic carbocycles. The molecule has 128 valence electrons. The van der Waals surface area contributed by atoms with Gasteiger partial charge in [0.1, 0.15) is 15.1 Å². The highest BCUT2D eigenvalue weighted by Gasteiger charge is 2.31. The van der Waals surface area contributed by atoms with E-state index in [1.807, 2.05) is 0 Å². The minimum atomic E-state index is -3.50. The van der Waals surface area contributed by atoms with Crippen molar-refractivity contribution in [1.29, 1.82) is 0 Å². The van der Waals surface area contributed by atoms with Crippen molar-refractivity contribution < 1.29 is 13.2 Å². The van der Waals surface area contributed by atoms with E-state index in [4.69, 9.17) is 23.2 Å². The molecule has 1 fully saturated rings. The van der Waals surface area contributed by atoms with E-state index in [0.29, 0.717) is 4.21 Å². The molecule has 1 saturated heterocycles. The summed E-state index contributed by atoms with van der Waals surface area (Å²) < 4.78 is 26.6. The maximum absolute atomic E-state index is 12.5. The lowest BCUT2D eigenvalue weighted by atomic mass is 10.3. The van der Waals surface area contributed by atoms with Crippen LogP contribution >= 0.6 is 34.5 Å². The van der Waals surface area contributed by atoms with Crippen LogP contribution in [0.25, 0.3) is 0 Å². The number of pyridine rings is 1. The zero-order chi connectivity index (χ0) is 17.3. The van der Waals surface area contributed by atoms with Crippen molar-refractivity contribution in [3.05, 3.63) is 45.5 Å². The average molecular weight is 406 g/mol. The van der Waals surface area contributed by atoms with Gasteiger partial charge in [-0.25, -0.2) is 13.4 Å². The van der Waals surface area contributed by atoms with Gasteiger partial charge in [-0.15, -0.1) is 11.3 Å². The summed E-state index contributed by atoms with van der Waals surface area (Å²) in [5.41, 5.74) is 0.0822. The highest BCUT2D eigenvalue weighted by molar-refractivity contribution is 7.91. The summed E-state index contributed by atoms with van der Waals surface area (Å²) in [4.78, 5) is 18.0. The second-order valence-corrected chi connectivity index (χ2v) is 9.00. The predicted octanol–water partition coefficient (Wildman–Crippen LogP) is 2.60. The summed E-state index contributed by atoms with van der Waals surface area (Å²) in [6.07, 6.45) is 0.